The van der Waals surface area contributed by atoms with Crippen LogP contribution in [0.3, 0.4) is 0 Å². The van der Waals surface area contributed by atoms with Gasteiger partial charge in [-0.25, -0.2) is 0 Å². The third-order valence-corrected chi connectivity index (χ3v) is 4.83. The van der Waals surface area contributed by atoms with Gasteiger partial charge < -0.3 is 5.32 Å². The first kappa shape index (κ1) is 16.5. The molecule has 3 nitrogen and oxygen atoms in total. The second kappa shape index (κ2) is 7.38. The molecule has 116 valence electrons. The van der Waals surface area contributed by atoms with Crippen molar-refractivity contribution in [3.05, 3.63) is 39.6 Å². The van der Waals surface area contributed by atoms with E-state index in [1.807, 2.05) is 6.07 Å². The molecule has 6 heteroatoms. The molecule has 1 N–H and O–H groups in total. The first-order valence-electron chi connectivity index (χ1n) is 7.22. The lowest BCUT2D eigenvalue weighted by Crippen LogP contribution is -2.12. The van der Waals surface area contributed by atoms with Gasteiger partial charge in [-0.2, -0.15) is 9.49 Å². The summed E-state index contributed by atoms with van der Waals surface area (Å²) in [5.41, 5.74) is 2.34. The van der Waals surface area contributed by atoms with Crippen LogP contribution in [-0.2, 0) is 13.1 Å². The Morgan fingerprint density at radius 3 is 2.76 bits per heavy atom. The standard InChI is InChI=1S/C15H20FN3S.ClH/c1-11-12(8-17-9-14-6-7-15(16)20-14)10-19(18-11)13-4-2-3-5-13;/h6-7,10,13,17H,2-5,8-9H2,1H3;1H. The van der Waals surface area contributed by atoms with Crippen molar-refractivity contribution in [2.45, 2.75) is 51.7 Å². The third-order valence-electron chi connectivity index (χ3n) is 3.96. The van der Waals surface area contributed by atoms with Gasteiger partial charge in [-0.3, -0.25) is 4.68 Å². The summed E-state index contributed by atoms with van der Waals surface area (Å²) in [6.45, 7) is 3.56. The van der Waals surface area contributed by atoms with Crippen LogP contribution in [0.5, 0.6) is 0 Å². The molecule has 0 amide bonds. The van der Waals surface area contributed by atoms with Crippen LogP contribution < -0.4 is 5.32 Å². The molecule has 0 aromatic carbocycles. The molecule has 0 atom stereocenters. The van der Waals surface area contributed by atoms with Crippen LogP contribution in [0.1, 0.15) is 47.9 Å². The van der Waals surface area contributed by atoms with E-state index in [4.69, 9.17) is 0 Å². The molecule has 0 unspecified atom stereocenters. The lowest BCUT2D eigenvalue weighted by molar-refractivity contribution is 0.464. The Kier molecular flexibility index (Phi) is 5.79. The molecule has 1 aliphatic carbocycles. The second-order valence-electron chi connectivity index (χ2n) is 5.47. The van der Waals surface area contributed by atoms with Crippen LogP contribution in [0.15, 0.2) is 18.3 Å². The molecule has 2 aromatic heterocycles. The maximum atomic E-state index is 12.9. The van der Waals surface area contributed by atoms with Gasteiger partial charge in [0, 0.05) is 29.7 Å². The predicted molar refractivity (Wildman–Crippen MR) is 86.5 cm³/mol. The molecule has 2 aromatic rings. The Bertz CT molecular complexity index is 575. The average molecular weight is 330 g/mol. The van der Waals surface area contributed by atoms with Crippen molar-refractivity contribution >= 4 is 23.7 Å². The summed E-state index contributed by atoms with van der Waals surface area (Å²) < 4.78 is 15.0. The molecule has 21 heavy (non-hydrogen) atoms. The van der Waals surface area contributed by atoms with Crippen molar-refractivity contribution in [3.8, 4) is 0 Å². The van der Waals surface area contributed by atoms with E-state index in [-0.39, 0.29) is 17.5 Å². The number of thiophene rings is 1. The van der Waals surface area contributed by atoms with Crippen LogP contribution >= 0.6 is 23.7 Å². The van der Waals surface area contributed by atoms with Gasteiger partial charge in [-0.1, -0.05) is 12.8 Å². The fourth-order valence-electron chi connectivity index (χ4n) is 2.82. The Labute approximate surface area is 135 Å². The third kappa shape index (κ3) is 4.05. The van der Waals surface area contributed by atoms with Crippen LogP contribution in [0.2, 0.25) is 0 Å². The molecule has 0 saturated heterocycles. The molecule has 1 saturated carbocycles. The Hall–Kier alpha value is -0.910. The number of aryl methyl sites for hydroxylation is 1. The van der Waals surface area contributed by atoms with Crippen LogP contribution in [-0.4, -0.2) is 9.78 Å². The number of aromatic nitrogens is 2. The Morgan fingerprint density at radius 1 is 1.33 bits per heavy atom. The molecule has 0 aliphatic heterocycles. The van der Waals surface area contributed by atoms with E-state index in [9.17, 15) is 4.39 Å². The smallest absolute Gasteiger partial charge is 0.176 e. The predicted octanol–water partition coefficient (Wildman–Crippen LogP) is 4.22. The molecule has 2 heterocycles. The van der Waals surface area contributed by atoms with E-state index in [1.165, 1.54) is 48.6 Å². The van der Waals surface area contributed by atoms with Gasteiger partial charge in [0.05, 0.1) is 11.7 Å². The van der Waals surface area contributed by atoms with Gasteiger partial charge in [-0.15, -0.1) is 23.7 Å². The molecule has 0 radical (unpaired) electrons. The zero-order valence-electron chi connectivity index (χ0n) is 12.1. The minimum atomic E-state index is -0.118. The maximum absolute atomic E-state index is 12.9. The molecule has 1 fully saturated rings. The summed E-state index contributed by atoms with van der Waals surface area (Å²) in [4.78, 5) is 1.03. The second-order valence-corrected chi connectivity index (χ2v) is 6.59. The largest absolute Gasteiger partial charge is 0.308 e. The van der Waals surface area contributed by atoms with Crippen molar-refractivity contribution in [1.82, 2.24) is 15.1 Å². The monoisotopic (exact) mass is 329 g/mol. The molecular weight excluding hydrogens is 309 g/mol. The van der Waals surface area contributed by atoms with Gasteiger partial charge in [0.15, 0.2) is 5.13 Å². The Morgan fingerprint density at radius 2 is 2.10 bits per heavy atom. The van der Waals surface area contributed by atoms with Gasteiger partial charge in [0.25, 0.3) is 0 Å². The van der Waals surface area contributed by atoms with E-state index in [0.29, 0.717) is 12.6 Å². The van der Waals surface area contributed by atoms with Crippen molar-refractivity contribution < 1.29 is 4.39 Å². The number of nitrogens with zero attached hydrogens (tertiary/aromatic N) is 2. The van der Waals surface area contributed by atoms with Crippen molar-refractivity contribution in [2.24, 2.45) is 0 Å². The lowest BCUT2D eigenvalue weighted by Gasteiger charge is -2.08. The summed E-state index contributed by atoms with van der Waals surface area (Å²) in [6.07, 6.45) is 7.32. The summed E-state index contributed by atoms with van der Waals surface area (Å²) in [5, 5.41) is 7.89. The van der Waals surface area contributed by atoms with E-state index >= 15 is 0 Å². The highest BCUT2D eigenvalue weighted by Crippen LogP contribution is 2.29. The minimum absolute atomic E-state index is 0. The highest BCUT2D eigenvalue weighted by molar-refractivity contribution is 7.10. The quantitative estimate of drug-likeness (QED) is 0.890. The van der Waals surface area contributed by atoms with Gasteiger partial charge in [-0.05, 0) is 31.9 Å². The number of rotatable bonds is 5. The zero-order valence-corrected chi connectivity index (χ0v) is 13.8. The lowest BCUT2D eigenvalue weighted by atomic mass is 10.2. The van der Waals surface area contributed by atoms with E-state index in [2.05, 4.69) is 28.2 Å². The molecule has 3 rings (SSSR count). The molecule has 0 spiro atoms. The molecule has 1 aliphatic rings. The summed E-state index contributed by atoms with van der Waals surface area (Å²) in [5.74, 6) is 0. The van der Waals surface area contributed by atoms with E-state index in [1.54, 1.807) is 0 Å². The van der Waals surface area contributed by atoms with Crippen molar-refractivity contribution in [1.29, 1.82) is 0 Å². The fourth-order valence-corrected chi connectivity index (χ4v) is 3.51. The molecular formula is C15H21ClFN3S. The normalized spacial score (nSPS) is 15.3. The summed E-state index contributed by atoms with van der Waals surface area (Å²) in [7, 11) is 0. The average Bonchev–Trinajstić information content (AvgIpc) is 3.12. The zero-order chi connectivity index (χ0) is 13.9. The molecule has 0 bridgehead atoms. The van der Waals surface area contributed by atoms with Crippen molar-refractivity contribution in [3.63, 3.8) is 0 Å². The Balaban J connectivity index is 0.00000161. The number of hydrogen-bond acceptors (Lipinski definition) is 3. The summed E-state index contributed by atoms with van der Waals surface area (Å²) in [6, 6.07) is 3.95. The van der Waals surface area contributed by atoms with Crippen LogP contribution in [0.25, 0.3) is 0 Å². The highest BCUT2D eigenvalue weighted by atomic mass is 35.5. The van der Waals surface area contributed by atoms with Crippen LogP contribution in [0.4, 0.5) is 4.39 Å². The fraction of sp³-hybridized carbons (Fsp3) is 0.533. The van der Waals surface area contributed by atoms with Gasteiger partial charge >= 0.3 is 0 Å². The van der Waals surface area contributed by atoms with Gasteiger partial charge in [0.1, 0.15) is 0 Å². The minimum Gasteiger partial charge on any atom is -0.308 e. The number of hydrogen-bond donors (Lipinski definition) is 1. The maximum Gasteiger partial charge on any atom is 0.176 e. The SMILES string of the molecule is Cc1nn(C2CCCC2)cc1CNCc1ccc(F)s1.Cl. The first-order valence-corrected chi connectivity index (χ1v) is 8.03. The number of nitrogens with one attached hydrogen (secondary N) is 1. The first-order chi connectivity index (χ1) is 9.72. The highest BCUT2D eigenvalue weighted by Gasteiger charge is 2.18. The van der Waals surface area contributed by atoms with Gasteiger partial charge in [0.2, 0.25) is 0 Å². The summed E-state index contributed by atoms with van der Waals surface area (Å²) >= 11 is 1.20. The van der Waals surface area contributed by atoms with Crippen molar-refractivity contribution in [2.75, 3.05) is 0 Å². The van der Waals surface area contributed by atoms with E-state index < -0.39 is 0 Å². The number of halogens is 2. The van der Waals surface area contributed by atoms with E-state index in [0.717, 1.165) is 17.1 Å². The van der Waals surface area contributed by atoms with Crippen LogP contribution in [0, 0.1) is 12.1 Å². The topological polar surface area (TPSA) is 29.9 Å².